The lowest BCUT2D eigenvalue weighted by Gasteiger charge is -2.20. The molecule has 1 unspecified atom stereocenters. The molecule has 9 nitrogen and oxygen atoms in total. The Labute approximate surface area is 215 Å². The first-order valence-electron chi connectivity index (χ1n) is 12.0. The number of benzene rings is 2. The highest BCUT2D eigenvalue weighted by Crippen LogP contribution is 2.41. The minimum Gasteiger partial charge on any atom is -0.496 e. The number of fused-ring (bicyclic) bond motifs is 2. The Morgan fingerprint density at radius 2 is 2.03 bits per heavy atom. The number of nitriles is 1. The van der Waals surface area contributed by atoms with Crippen molar-refractivity contribution in [1.82, 2.24) is 9.55 Å². The Bertz CT molecular complexity index is 1470. The van der Waals surface area contributed by atoms with E-state index in [9.17, 15) is 10.1 Å². The quantitative estimate of drug-likeness (QED) is 0.169. The SMILES string of the molecule is CCOC(=O)C(c1nc2cc(C#N)ccc2o1)c1c(OC)cc(C)c2c1ccn2COCOC(C)(C)C. The molecular formula is C28H31N3O6. The first-order chi connectivity index (χ1) is 17.7. The van der Waals surface area contributed by atoms with Gasteiger partial charge >= 0.3 is 5.97 Å². The average molecular weight is 506 g/mol. The summed E-state index contributed by atoms with van der Waals surface area (Å²) in [6.45, 7) is 10.2. The van der Waals surface area contributed by atoms with Crippen LogP contribution in [-0.2, 0) is 25.7 Å². The molecule has 0 aliphatic rings. The molecule has 0 N–H and O–H groups in total. The van der Waals surface area contributed by atoms with Crippen molar-refractivity contribution in [2.45, 2.75) is 52.9 Å². The van der Waals surface area contributed by atoms with Gasteiger partial charge in [0.25, 0.3) is 0 Å². The van der Waals surface area contributed by atoms with Gasteiger partial charge in [0, 0.05) is 17.1 Å². The molecular weight excluding hydrogens is 474 g/mol. The Morgan fingerprint density at radius 1 is 1.24 bits per heavy atom. The Hall–Kier alpha value is -3.87. The van der Waals surface area contributed by atoms with Crippen molar-refractivity contribution in [1.29, 1.82) is 5.26 Å². The van der Waals surface area contributed by atoms with E-state index in [-0.39, 0.29) is 31.6 Å². The molecule has 0 saturated carbocycles. The van der Waals surface area contributed by atoms with Crippen molar-refractivity contribution in [2.75, 3.05) is 20.5 Å². The van der Waals surface area contributed by atoms with E-state index in [1.54, 1.807) is 32.2 Å². The molecule has 9 heteroatoms. The lowest BCUT2D eigenvalue weighted by atomic mass is 9.92. The van der Waals surface area contributed by atoms with E-state index in [0.29, 0.717) is 28.0 Å². The first kappa shape index (κ1) is 26.2. The molecule has 0 saturated heterocycles. The van der Waals surface area contributed by atoms with Crippen LogP contribution >= 0.6 is 0 Å². The third-order valence-corrected chi connectivity index (χ3v) is 5.86. The van der Waals surface area contributed by atoms with Crippen LogP contribution < -0.4 is 4.74 Å². The average Bonchev–Trinajstić information content (AvgIpc) is 3.46. The largest absolute Gasteiger partial charge is 0.496 e. The van der Waals surface area contributed by atoms with Gasteiger partial charge in [-0.3, -0.25) is 4.79 Å². The summed E-state index contributed by atoms with van der Waals surface area (Å²) < 4.78 is 30.6. The molecule has 4 rings (SSSR count). The Kier molecular flexibility index (Phi) is 7.52. The van der Waals surface area contributed by atoms with Crippen LogP contribution in [0, 0.1) is 18.3 Å². The minimum absolute atomic E-state index is 0.143. The summed E-state index contributed by atoms with van der Waals surface area (Å²) in [7, 11) is 1.56. The van der Waals surface area contributed by atoms with Crippen molar-refractivity contribution in [3.05, 3.63) is 59.1 Å². The van der Waals surface area contributed by atoms with Gasteiger partial charge < -0.3 is 27.9 Å². The van der Waals surface area contributed by atoms with E-state index >= 15 is 0 Å². The standard InChI is InChI=1S/C28H31N3O6/c1-7-35-27(32)24(26-30-20-13-18(14-29)8-9-21(20)37-26)23-19-10-11-31(15-34-16-36-28(3,4)5)25(19)17(2)12-22(23)33-6/h8-13,24H,7,15-16H2,1-6H3. The first-order valence-corrected chi connectivity index (χ1v) is 12.0. The predicted octanol–water partition coefficient (Wildman–Crippen LogP) is 5.41. The highest BCUT2D eigenvalue weighted by Gasteiger charge is 2.35. The summed E-state index contributed by atoms with van der Waals surface area (Å²) in [6, 6.07) is 10.8. The van der Waals surface area contributed by atoms with Gasteiger partial charge in [-0.25, -0.2) is 4.98 Å². The van der Waals surface area contributed by atoms with E-state index in [4.69, 9.17) is 23.4 Å². The molecule has 2 heterocycles. The predicted molar refractivity (Wildman–Crippen MR) is 137 cm³/mol. The zero-order valence-electron chi connectivity index (χ0n) is 22.0. The van der Waals surface area contributed by atoms with E-state index in [1.165, 1.54) is 0 Å². The van der Waals surface area contributed by atoms with Crippen molar-refractivity contribution < 1.29 is 28.2 Å². The van der Waals surface area contributed by atoms with Crippen molar-refractivity contribution in [2.24, 2.45) is 0 Å². The molecule has 0 aliphatic carbocycles. The summed E-state index contributed by atoms with van der Waals surface area (Å²) in [6.07, 6.45) is 1.89. The Morgan fingerprint density at radius 3 is 2.70 bits per heavy atom. The number of rotatable bonds is 9. The van der Waals surface area contributed by atoms with Gasteiger partial charge in [-0.15, -0.1) is 0 Å². The number of carbonyl (C=O) groups is 1. The van der Waals surface area contributed by atoms with Crippen LogP contribution in [0.2, 0.25) is 0 Å². The molecule has 0 fully saturated rings. The van der Waals surface area contributed by atoms with Gasteiger partial charge in [0.05, 0.1) is 36.5 Å². The van der Waals surface area contributed by atoms with Gasteiger partial charge in [-0.2, -0.15) is 5.26 Å². The summed E-state index contributed by atoms with van der Waals surface area (Å²) in [5, 5.41) is 10.0. The molecule has 0 bridgehead atoms. The topological polar surface area (TPSA) is 109 Å². The van der Waals surface area contributed by atoms with Crippen LogP contribution in [0.5, 0.6) is 5.75 Å². The van der Waals surface area contributed by atoms with Gasteiger partial charge in [-0.05, 0) is 70.5 Å². The Balaban J connectivity index is 1.83. The highest BCUT2D eigenvalue weighted by atomic mass is 16.7. The zero-order chi connectivity index (χ0) is 26.7. The molecule has 0 aliphatic heterocycles. The van der Waals surface area contributed by atoms with E-state index in [1.807, 2.05) is 50.6 Å². The lowest BCUT2D eigenvalue weighted by molar-refractivity contribution is -0.144. The maximum Gasteiger partial charge on any atom is 0.323 e. The number of nitrogens with zero attached hydrogens (tertiary/aromatic N) is 3. The number of aromatic nitrogens is 2. The molecule has 1 atom stereocenters. The minimum atomic E-state index is -0.989. The van der Waals surface area contributed by atoms with Crippen molar-refractivity contribution in [3.8, 4) is 11.8 Å². The van der Waals surface area contributed by atoms with E-state index in [0.717, 1.165) is 16.5 Å². The molecule has 0 spiro atoms. The second kappa shape index (κ2) is 10.6. The van der Waals surface area contributed by atoms with Crippen LogP contribution in [0.4, 0.5) is 0 Å². The summed E-state index contributed by atoms with van der Waals surface area (Å²) >= 11 is 0. The van der Waals surface area contributed by atoms with Crippen LogP contribution in [0.3, 0.4) is 0 Å². The molecule has 2 aromatic heterocycles. The molecule has 0 radical (unpaired) electrons. The fourth-order valence-corrected chi connectivity index (χ4v) is 4.24. The zero-order valence-corrected chi connectivity index (χ0v) is 22.0. The van der Waals surface area contributed by atoms with Crippen molar-refractivity contribution in [3.63, 3.8) is 0 Å². The van der Waals surface area contributed by atoms with E-state index < -0.39 is 11.9 Å². The number of carbonyl (C=O) groups excluding carboxylic acids is 1. The smallest absolute Gasteiger partial charge is 0.323 e. The normalized spacial score (nSPS) is 12.6. The molecule has 194 valence electrons. The maximum atomic E-state index is 13.4. The number of oxazole rings is 1. The third-order valence-electron chi connectivity index (χ3n) is 5.86. The van der Waals surface area contributed by atoms with Gasteiger partial charge in [0.1, 0.15) is 24.8 Å². The number of methoxy groups -OCH3 is 1. The third kappa shape index (κ3) is 5.45. The lowest BCUT2D eigenvalue weighted by Crippen LogP contribution is -2.21. The number of hydrogen-bond donors (Lipinski definition) is 0. The van der Waals surface area contributed by atoms with Gasteiger partial charge in [-0.1, -0.05) is 0 Å². The summed E-state index contributed by atoms with van der Waals surface area (Å²) in [5.41, 5.74) is 3.49. The maximum absolute atomic E-state index is 13.4. The molecule has 4 aromatic rings. The summed E-state index contributed by atoms with van der Waals surface area (Å²) in [5.74, 6) is -0.829. The van der Waals surface area contributed by atoms with E-state index in [2.05, 4.69) is 11.1 Å². The summed E-state index contributed by atoms with van der Waals surface area (Å²) in [4.78, 5) is 17.9. The highest BCUT2D eigenvalue weighted by molar-refractivity contribution is 5.95. The fraction of sp³-hybridized carbons (Fsp3) is 0.393. The number of aryl methyl sites for hydroxylation is 1. The van der Waals surface area contributed by atoms with Crippen LogP contribution in [0.15, 0.2) is 40.9 Å². The molecule has 2 aromatic carbocycles. The number of ether oxygens (including phenoxy) is 4. The van der Waals surface area contributed by atoms with Crippen molar-refractivity contribution >= 4 is 28.0 Å². The fourth-order valence-electron chi connectivity index (χ4n) is 4.24. The van der Waals surface area contributed by atoms with Crippen LogP contribution in [-0.4, -0.2) is 41.6 Å². The van der Waals surface area contributed by atoms with Crippen LogP contribution in [0.1, 0.15) is 56.2 Å². The molecule has 0 amide bonds. The van der Waals surface area contributed by atoms with Gasteiger partial charge in [0.15, 0.2) is 11.5 Å². The monoisotopic (exact) mass is 505 g/mol. The second-order valence-corrected chi connectivity index (χ2v) is 9.60. The molecule has 37 heavy (non-hydrogen) atoms. The number of hydrogen-bond acceptors (Lipinski definition) is 8. The van der Waals surface area contributed by atoms with Gasteiger partial charge in [0.2, 0.25) is 5.89 Å². The number of esters is 1. The second-order valence-electron chi connectivity index (χ2n) is 9.60. The van der Waals surface area contributed by atoms with Crippen LogP contribution in [0.25, 0.3) is 22.0 Å².